The highest BCUT2D eigenvalue weighted by molar-refractivity contribution is 7.87. The van der Waals surface area contributed by atoms with Gasteiger partial charge in [0.25, 0.3) is 5.91 Å². The average molecular weight is 528 g/mol. The Morgan fingerprint density at radius 2 is 1.59 bits per heavy atom. The fraction of sp³-hybridized carbons (Fsp3) is 0.345. The summed E-state index contributed by atoms with van der Waals surface area (Å²) in [6.07, 6.45) is 3.20. The predicted molar refractivity (Wildman–Crippen MR) is 142 cm³/mol. The molecule has 0 fully saturated rings. The maximum absolute atomic E-state index is 13.4. The summed E-state index contributed by atoms with van der Waals surface area (Å²) in [6, 6.07) is 17.0. The van der Waals surface area contributed by atoms with E-state index < -0.39 is 15.9 Å². The molecule has 198 valence electrons. The van der Waals surface area contributed by atoms with Crippen LogP contribution in [0.1, 0.15) is 55.1 Å². The summed E-state index contributed by atoms with van der Waals surface area (Å²) in [4.78, 5) is 15.0. The summed E-state index contributed by atoms with van der Waals surface area (Å²) in [7, 11) is -2.82. The van der Waals surface area contributed by atoms with E-state index in [0.717, 1.165) is 43.5 Å². The summed E-state index contributed by atoms with van der Waals surface area (Å²) in [5, 5.41) is 0. The number of halogens is 1. The van der Waals surface area contributed by atoms with Crippen molar-refractivity contribution in [1.29, 1.82) is 0 Å². The van der Waals surface area contributed by atoms with E-state index in [-0.39, 0.29) is 34.8 Å². The van der Waals surface area contributed by atoms with Crippen molar-refractivity contribution in [2.75, 3.05) is 13.7 Å². The van der Waals surface area contributed by atoms with Gasteiger partial charge in [-0.1, -0.05) is 45.4 Å². The van der Waals surface area contributed by atoms with Crippen LogP contribution >= 0.6 is 0 Å². The molecule has 0 radical (unpaired) electrons. The Balaban J connectivity index is 1.85. The van der Waals surface area contributed by atoms with Crippen molar-refractivity contribution in [2.24, 2.45) is 5.92 Å². The molecule has 0 aliphatic carbocycles. The molecule has 0 saturated carbocycles. The molecule has 8 heteroatoms. The lowest BCUT2D eigenvalue weighted by molar-refractivity contribution is 0.0722. The van der Waals surface area contributed by atoms with Crippen LogP contribution < -0.4 is 8.92 Å². The van der Waals surface area contributed by atoms with Crippen molar-refractivity contribution in [2.45, 2.75) is 51.5 Å². The number of methoxy groups -OCH3 is 1. The predicted octanol–water partition coefficient (Wildman–Crippen LogP) is 6.24. The van der Waals surface area contributed by atoms with Gasteiger partial charge in [0, 0.05) is 18.7 Å². The molecule has 37 heavy (non-hydrogen) atoms. The summed E-state index contributed by atoms with van der Waals surface area (Å²) >= 11 is 0. The van der Waals surface area contributed by atoms with Gasteiger partial charge in [0.2, 0.25) is 0 Å². The fourth-order valence-corrected chi connectivity index (χ4v) is 4.84. The maximum Gasteiger partial charge on any atom is 0.339 e. The molecule has 0 spiro atoms. The Kier molecular flexibility index (Phi) is 9.69. The third-order valence-electron chi connectivity index (χ3n) is 5.80. The molecule has 3 aromatic carbocycles. The van der Waals surface area contributed by atoms with Crippen molar-refractivity contribution >= 4 is 16.0 Å². The zero-order valence-corrected chi connectivity index (χ0v) is 22.6. The second-order valence-electron chi connectivity index (χ2n) is 9.36. The third-order valence-corrected chi connectivity index (χ3v) is 7.04. The number of carbonyl (C=O) groups is 1. The second kappa shape index (κ2) is 12.7. The fourth-order valence-electron chi connectivity index (χ4n) is 3.91. The first-order chi connectivity index (χ1) is 17.6. The van der Waals surface area contributed by atoms with E-state index in [1.807, 2.05) is 38.1 Å². The normalized spacial score (nSPS) is 11.4. The first kappa shape index (κ1) is 28.2. The van der Waals surface area contributed by atoms with Gasteiger partial charge in [-0.05, 0) is 78.4 Å². The maximum atomic E-state index is 13.4. The summed E-state index contributed by atoms with van der Waals surface area (Å²) in [5.74, 6) is -0.224. The van der Waals surface area contributed by atoms with Crippen LogP contribution in [0.3, 0.4) is 0 Å². The molecule has 3 aromatic rings. The first-order valence-corrected chi connectivity index (χ1v) is 13.8. The molecule has 0 atom stereocenters. The minimum absolute atomic E-state index is 0.0125. The SMILES string of the molecule is CCCCc1ccc(C(=O)N(Cc2ccc(OC)c(OS(=O)(=O)c3ccc(F)cc3)c2)CC(C)C)cc1. The highest BCUT2D eigenvalue weighted by Gasteiger charge is 2.22. The van der Waals surface area contributed by atoms with E-state index in [9.17, 15) is 17.6 Å². The summed E-state index contributed by atoms with van der Waals surface area (Å²) in [5.41, 5.74) is 2.48. The second-order valence-corrected chi connectivity index (χ2v) is 10.9. The van der Waals surface area contributed by atoms with E-state index in [4.69, 9.17) is 8.92 Å². The van der Waals surface area contributed by atoms with Crippen LogP contribution in [0.4, 0.5) is 4.39 Å². The zero-order chi connectivity index (χ0) is 27.0. The number of ether oxygens (including phenoxy) is 1. The van der Waals surface area contributed by atoms with E-state index in [1.165, 1.54) is 12.7 Å². The zero-order valence-electron chi connectivity index (χ0n) is 21.7. The number of aryl methyl sites for hydroxylation is 1. The molecule has 0 aromatic heterocycles. The molecular formula is C29H34FNO5S. The minimum atomic E-state index is -4.22. The number of hydrogen-bond donors (Lipinski definition) is 0. The number of nitrogens with zero attached hydrogens (tertiary/aromatic N) is 1. The summed E-state index contributed by atoms with van der Waals surface area (Å²) in [6.45, 7) is 6.99. The number of unbranched alkanes of at least 4 members (excludes halogenated alkanes) is 1. The monoisotopic (exact) mass is 527 g/mol. The van der Waals surface area contributed by atoms with E-state index in [1.54, 1.807) is 23.1 Å². The van der Waals surface area contributed by atoms with Crippen LogP contribution in [0.2, 0.25) is 0 Å². The molecule has 0 aliphatic rings. The van der Waals surface area contributed by atoms with Crippen molar-refractivity contribution < 1.29 is 26.5 Å². The van der Waals surface area contributed by atoms with Crippen LogP contribution in [-0.2, 0) is 23.1 Å². The lowest BCUT2D eigenvalue weighted by Crippen LogP contribution is -2.33. The van der Waals surface area contributed by atoms with Crippen LogP contribution in [0.5, 0.6) is 11.5 Å². The lowest BCUT2D eigenvalue weighted by atomic mass is 10.0. The molecule has 0 unspecified atom stereocenters. The molecular weight excluding hydrogens is 493 g/mol. The van der Waals surface area contributed by atoms with Gasteiger partial charge in [0.05, 0.1) is 7.11 Å². The molecule has 0 N–H and O–H groups in total. The van der Waals surface area contributed by atoms with E-state index in [2.05, 4.69) is 6.92 Å². The van der Waals surface area contributed by atoms with Crippen molar-refractivity contribution in [3.8, 4) is 11.5 Å². The topological polar surface area (TPSA) is 72.9 Å². The Hall–Kier alpha value is -3.39. The van der Waals surface area contributed by atoms with Gasteiger partial charge in [-0.3, -0.25) is 4.79 Å². The number of hydrogen-bond acceptors (Lipinski definition) is 5. The molecule has 3 rings (SSSR count). The Bertz CT molecular complexity index is 1290. The lowest BCUT2D eigenvalue weighted by Gasteiger charge is -2.25. The smallest absolute Gasteiger partial charge is 0.339 e. The number of rotatable bonds is 12. The molecule has 0 saturated heterocycles. The Labute approximate surface area is 219 Å². The van der Waals surface area contributed by atoms with Gasteiger partial charge in [0.1, 0.15) is 10.7 Å². The average Bonchev–Trinajstić information content (AvgIpc) is 2.87. The minimum Gasteiger partial charge on any atom is -0.493 e. The molecule has 1 amide bonds. The number of carbonyl (C=O) groups excluding carboxylic acids is 1. The van der Waals surface area contributed by atoms with Gasteiger partial charge in [-0.15, -0.1) is 0 Å². The first-order valence-electron chi connectivity index (χ1n) is 12.4. The van der Waals surface area contributed by atoms with Crippen LogP contribution in [0.15, 0.2) is 71.6 Å². The highest BCUT2D eigenvalue weighted by Crippen LogP contribution is 2.31. The number of amides is 1. The van der Waals surface area contributed by atoms with Gasteiger partial charge in [0.15, 0.2) is 11.5 Å². The quantitative estimate of drug-likeness (QED) is 0.261. The van der Waals surface area contributed by atoms with Crippen molar-refractivity contribution in [1.82, 2.24) is 4.90 Å². The van der Waals surface area contributed by atoms with Crippen molar-refractivity contribution in [3.05, 3.63) is 89.2 Å². The third kappa shape index (κ3) is 7.79. The molecule has 0 bridgehead atoms. The molecule has 6 nitrogen and oxygen atoms in total. The van der Waals surface area contributed by atoms with Crippen LogP contribution in [-0.4, -0.2) is 32.9 Å². The van der Waals surface area contributed by atoms with Gasteiger partial charge >= 0.3 is 10.1 Å². The van der Waals surface area contributed by atoms with Crippen LogP contribution in [0, 0.1) is 11.7 Å². The Morgan fingerprint density at radius 3 is 2.19 bits per heavy atom. The van der Waals surface area contributed by atoms with Crippen LogP contribution in [0.25, 0.3) is 0 Å². The van der Waals surface area contributed by atoms with Gasteiger partial charge < -0.3 is 13.8 Å². The Morgan fingerprint density at radius 1 is 0.946 bits per heavy atom. The van der Waals surface area contributed by atoms with E-state index >= 15 is 0 Å². The standard InChI is InChI=1S/C29H34FNO5S/c1-5-6-7-22-8-11-24(12-9-22)29(32)31(19-21(2)3)20-23-10-17-27(35-4)28(18-23)36-37(33,34)26-15-13-25(30)14-16-26/h8-18,21H,5-7,19-20H2,1-4H3. The molecule has 0 aliphatic heterocycles. The molecule has 0 heterocycles. The van der Waals surface area contributed by atoms with Gasteiger partial charge in [-0.25, -0.2) is 4.39 Å². The number of benzene rings is 3. The van der Waals surface area contributed by atoms with Crippen molar-refractivity contribution in [3.63, 3.8) is 0 Å². The van der Waals surface area contributed by atoms with E-state index in [0.29, 0.717) is 17.7 Å². The largest absolute Gasteiger partial charge is 0.493 e. The highest BCUT2D eigenvalue weighted by atomic mass is 32.2. The van der Waals surface area contributed by atoms with Gasteiger partial charge in [-0.2, -0.15) is 8.42 Å². The summed E-state index contributed by atoms with van der Waals surface area (Å²) < 4.78 is 49.5.